The highest BCUT2D eigenvalue weighted by Gasteiger charge is 2.28. The van der Waals surface area contributed by atoms with E-state index in [0.717, 1.165) is 35.7 Å². The molecule has 7 nitrogen and oxygen atoms in total. The van der Waals surface area contributed by atoms with E-state index in [4.69, 9.17) is 9.47 Å². The second kappa shape index (κ2) is 9.65. The molecule has 0 N–H and O–H groups in total. The van der Waals surface area contributed by atoms with Gasteiger partial charge in [-0.25, -0.2) is 0 Å². The Balaban J connectivity index is 1.50. The van der Waals surface area contributed by atoms with Gasteiger partial charge in [0.1, 0.15) is 6.61 Å². The van der Waals surface area contributed by atoms with Gasteiger partial charge in [0.2, 0.25) is 0 Å². The summed E-state index contributed by atoms with van der Waals surface area (Å²) in [7, 11) is 0. The number of thioether (sulfide) groups is 1. The number of fused-ring (bicyclic) bond motifs is 1. The number of ketones is 1. The second-order valence-corrected chi connectivity index (χ2v) is 8.70. The molecule has 1 atom stereocenters. The fourth-order valence-electron chi connectivity index (χ4n) is 3.95. The predicted octanol–water partition coefficient (Wildman–Crippen LogP) is 4.78. The minimum Gasteiger partial charge on any atom is -0.485 e. The van der Waals surface area contributed by atoms with Crippen molar-refractivity contribution in [3.05, 3.63) is 65.8 Å². The van der Waals surface area contributed by atoms with Crippen LogP contribution in [0.4, 0.5) is 0 Å². The number of aryl methyl sites for hydroxylation is 1. The summed E-state index contributed by atoms with van der Waals surface area (Å²) < 4.78 is 16.1. The zero-order valence-electron chi connectivity index (χ0n) is 18.7. The summed E-state index contributed by atoms with van der Waals surface area (Å²) in [5.74, 6) is 2.45. The molecule has 0 saturated carbocycles. The van der Waals surface area contributed by atoms with Crippen molar-refractivity contribution in [3.8, 4) is 11.5 Å². The molecule has 0 spiro atoms. The van der Waals surface area contributed by atoms with Crippen LogP contribution in [0.25, 0.3) is 0 Å². The summed E-state index contributed by atoms with van der Waals surface area (Å²) in [6.45, 7) is 11.8. The van der Waals surface area contributed by atoms with E-state index in [1.807, 2.05) is 48.7 Å². The van der Waals surface area contributed by atoms with Crippen molar-refractivity contribution in [1.29, 1.82) is 0 Å². The summed E-state index contributed by atoms with van der Waals surface area (Å²) in [5, 5.41) is 9.37. The van der Waals surface area contributed by atoms with E-state index in [9.17, 15) is 4.79 Å². The number of ether oxygens (including phenoxy) is 2. The lowest BCUT2D eigenvalue weighted by Gasteiger charge is -2.26. The number of carbonyl (C=O) groups excluding carboxylic acids is 1. The third-order valence-electron chi connectivity index (χ3n) is 5.51. The van der Waals surface area contributed by atoms with Crippen molar-refractivity contribution >= 4 is 17.5 Å². The lowest BCUT2D eigenvalue weighted by Crippen LogP contribution is -2.25. The number of allylic oxidation sites excluding steroid dienone is 1. The van der Waals surface area contributed by atoms with Gasteiger partial charge in [0, 0.05) is 30.0 Å². The first kappa shape index (κ1) is 22.2. The lowest BCUT2D eigenvalue weighted by molar-refractivity contribution is 0.0821. The number of carbonyl (C=O) groups is 1. The van der Waals surface area contributed by atoms with E-state index in [0.29, 0.717) is 29.9 Å². The maximum absolute atomic E-state index is 13.0. The molecule has 0 radical (unpaired) electrons. The van der Waals surface area contributed by atoms with Gasteiger partial charge < -0.3 is 14.0 Å². The Labute approximate surface area is 192 Å². The molecular formula is C24H28N4O3S. The molecule has 4 rings (SSSR count). The summed E-state index contributed by atoms with van der Waals surface area (Å²) in [5.41, 5.74) is 2.92. The predicted molar refractivity (Wildman–Crippen MR) is 125 cm³/mol. The van der Waals surface area contributed by atoms with Gasteiger partial charge in [-0.2, -0.15) is 0 Å². The van der Waals surface area contributed by atoms with Gasteiger partial charge in [-0.05, 0) is 38.5 Å². The van der Waals surface area contributed by atoms with E-state index in [2.05, 4.69) is 28.3 Å². The van der Waals surface area contributed by atoms with Gasteiger partial charge in [0.05, 0.1) is 5.75 Å². The Morgan fingerprint density at radius 3 is 2.78 bits per heavy atom. The molecule has 1 aromatic carbocycles. The fraction of sp³-hybridized carbons (Fsp3) is 0.375. The molecule has 0 saturated heterocycles. The smallest absolute Gasteiger partial charge is 0.192 e. The van der Waals surface area contributed by atoms with Crippen molar-refractivity contribution in [1.82, 2.24) is 19.3 Å². The van der Waals surface area contributed by atoms with Crippen molar-refractivity contribution in [2.45, 2.75) is 51.5 Å². The van der Waals surface area contributed by atoms with E-state index < -0.39 is 0 Å². The zero-order chi connectivity index (χ0) is 22.7. The molecule has 0 bridgehead atoms. The van der Waals surface area contributed by atoms with Crippen molar-refractivity contribution < 1.29 is 14.3 Å². The average molecular weight is 453 g/mol. The summed E-state index contributed by atoms with van der Waals surface area (Å²) in [6.07, 6.45) is 2.44. The van der Waals surface area contributed by atoms with Gasteiger partial charge in [-0.1, -0.05) is 36.9 Å². The molecule has 3 heterocycles. The molecule has 1 aliphatic heterocycles. The normalized spacial score (nSPS) is 15.0. The van der Waals surface area contributed by atoms with Gasteiger partial charge in [-0.15, -0.1) is 16.8 Å². The monoisotopic (exact) mass is 452 g/mol. The average Bonchev–Trinajstić information content (AvgIpc) is 3.33. The SMILES string of the molecule is C=CCn1c(SCC(=O)c2cc(C)n(CCC)c2C)nnc1C1COc2ccccc2O1. The van der Waals surface area contributed by atoms with E-state index in [-0.39, 0.29) is 17.6 Å². The molecule has 0 amide bonds. The first-order valence-corrected chi connectivity index (χ1v) is 11.8. The number of hydrogen-bond donors (Lipinski definition) is 0. The molecule has 3 aromatic rings. The zero-order valence-corrected chi connectivity index (χ0v) is 19.5. The fourth-order valence-corrected chi connectivity index (χ4v) is 4.79. The molecule has 2 aromatic heterocycles. The van der Waals surface area contributed by atoms with Crippen molar-refractivity contribution in [2.24, 2.45) is 0 Å². The van der Waals surface area contributed by atoms with Crippen LogP contribution in [0, 0.1) is 13.8 Å². The Morgan fingerprint density at radius 1 is 1.25 bits per heavy atom. The van der Waals surface area contributed by atoms with Crippen LogP contribution in [0.5, 0.6) is 11.5 Å². The van der Waals surface area contributed by atoms with Crippen LogP contribution in [-0.2, 0) is 13.1 Å². The highest BCUT2D eigenvalue weighted by atomic mass is 32.2. The molecule has 168 valence electrons. The quantitative estimate of drug-likeness (QED) is 0.264. The molecule has 32 heavy (non-hydrogen) atoms. The van der Waals surface area contributed by atoms with Gasteiger partial charge in [0.25, 0.3) is 0 Å². The maximum atomic E-state index is 13.0. The molecular weight excluding hydrogens is 424 g/mol. The third kappa shape index (κ3) is 4.32. The van der Waals surface area contributed by atoms with E-state index >= 15 is 0 Å². The lowest BCUT2D eigenvalue weighted by atomic mass is 10.2. The van der Waals surface area contributed by atoms with E-state index in [1.165, 1.54) is 11.8 Å². The van der Waals surface area contributed by atoms with Crippen LogP contribution in [0.2, 0.25) is 0 Å². The number of Topliss-reactive ketones (excluding diaryl/α,β-unsaturated/α-hetero) is 1. The van der Waals surface area contributed by atoms with Crippen LogP contribution in [0.15, 0.2) is 48.1 Å². The minimum absolute atomic E-state index is 0.0892. The minimum atomic E-state index is -0.379. The Bertz CT molecular complexity index is 1130. The topological polar surface area (TPSA) is 71.2 Å². The van der Waals surface area contributed by atoms with Crippen molar-refractivity contribution in [2.75, 3.05) is 12.4 Å². The summed E-state index contributed by atoms with van der Waals surface area (Å²) >= 11 is 1.38. The van der Waals surface area contributed by atoms with E-state index in [1.54, 1.807) is 6.08 Å². The van der Waals surface area contributed by atoms with Gasteiger partial charge >= 0.3 is 0 Å². The Kier molecular flexibility index (Phi) is 6.69. The standard InChI is InChI=1S/C24H28N4O3S/c1-5-11-27-16(3)13-18(17(27)4)19(29)15-32-24-26-25-23(28(24)12-6-2)22-14-30-20-9-7-8-10-21(20)31-22/h6-10,13,22H,2,5,11-12,14-15H2,1,3-4H3. The molecule has 8 heteroatoms. The Hall–Kier alpha value is -3.00. The van der Waals surface area contributed by atoms with Crippen LogP contribution in [0.1, 0.15) is 47.0 Å². The Morgan fingerprint density at radius 2 is 2.03 bits per heavy atom. The number of hydrogen-bond acceptors (Lipinski definition) is 6. The summed E-state index contributed by atoms with van der Waals surface area (Å²) in [4.78, 5) is 13.0. The highest BCUT2D eigenvalue weighted by Crippen LogP contribution is 2.36. The molecule has 1 unspecified atom stereocenters. The number of aromatic nitrogens is 4. The van der Waals surface area contributed by atoms with Crippen LogP contribution in [0.3, 0.4) is 0 Å². The van der Waals surface area contributed by atoms with Crippen LogP contribution < -0.4 is 9.47 Å². The van der Waals surface area contributed by atoms with Crippen molar-refractivity contribution in [3.63, 3.8) is 0 Å². The highest BCUT2D eigenvalue weighted by molar-refractivity contribution is 7.99. The van der Waals surface area contributed by atoms with Gasteiger partial charge in [0.15, 0.2) is 34.4 Å². The first-order chi connectivity index (χ1) is 15.5. The van der Waals surface area contributed by atoms with Crippen LogP contribution in [-0.4, -0.2) is 37.5 Å². The number of benzene rings is 1. The third-order valence-corrected chi connectivity index (χ3v) is 6.47. The second-order valence-electron chi connectivity index (χ2n) is 7.75. The first-order valence-electron chi connectivity index (χ1n) is 10.8. The summed E-state index contributed by atoms with van der Waals surface area (Å²) in [6, 6.07) is 9.55. The molecule has 0 aliphatic carbocycles. The molecule has 0 fully saturated rings. The van der Waals surface area contributed by atoms with Crippen LogP contribution >= 0.6 is 11.8 Å². The van der Waals surface area contributed by atoms with Gasteiger partial charge in [-0.3, -0.25) is 9.36 Å². The number of para-hydroxylation sites is 2. The number of rotatable bonds is 9. The molecule has 1 aliphatic rings. The maximum Gasteiger partial charge on any atom is 0.192 e. The largest absolute Gasteiger partial charge is 0.485 e. The number of nitrogens with zero attached hydrogens (tertiary/aromatic N) is 4.